The van der Waals surface area contributed by atoms with E-state index in [0.29, 0.717) is 24.2 Å². The van der Waals surface area contributed by atoms with E-state index in [1.54, 1.807) is 0 Å². The fraction of sp³-hybridized carbons (Fsp3) is 0.818. The molecule has 0 spiro atoms. The van der Waals surface area contributed by atoms with Crippen molar-refractivity contribution in [3.63, 3.8) is 0 Å². The van der Waals surface area contributed by atoms with Gasteiger partial charge in [-0.3, -0.25) is 0 Å². The highest BCUT2D eigenvalue weighted by Gasteiger charge is 2.15. The van der Waals surface area contributed by atoms with Crippen LogP contribution in [0.15, 0.2) is 0 Å². The van der Waals surface area contributed by atoms with Gasteiger partial charge in [0, 0.05) is 19.1 Å². The zero-order valence-electron chi connectivity index (χ0n) is 11.2. The zero-order chi connectivity index (χ0) is 13.5. The highest BCUT2D eigenvalue weighted by Crippen LogP contribution is 2.05. The monoisotopic (exact) mass is 261 g/mol. The maximum Gasteiger partial charge on any atom is 0.407 e. The molecule has 0 saturated carbocycles. The number of nitrogens with one attached hydrogen (secondary N) is 3. The van der Waals surface area contributed by atoms with Crippen LogP contribution in [0.25, 0.3) is 0 Å². The summed E-state index contributed by atoms with van der Waals surface area (Å²) in [6.07, 6.45) is -0.415. The molecule has 100 valence electrons. The lowest BCUT2D eigenvalue weighted by molar-refractivity contribution is 0.0529. The van der Waals surface area contributed by atoms with E-state index in [1.807, 2.05) is 34.6 Å². The lowest BCUT2D eigenvalue weighted by Crippen LogP contribution is -2.43. The number of alkyl carbamates (subject to hydrolysis) is 1. The molecule has 0 aromatic rings. The maximum atomic E-state index is 11.3. The molecule has 17 heavy (non-hydrogen) atoms. The molecule has 5 nitrogen and oxygen atoms in total. The number of amides is 1. The minimum Gasteiger partial charge on any atom is -0.444 e. The largest absolute Gasteiger partial charge is 0.444 e. The van der Waals surface area contributed by atoms with E-state index in [2.05, 4.69) is 16.0 Å². The van der Waals surface area contributed by atoms with Crippen molar-refractivity contribution in [1.29, 1.82) is 0 Å². The van der Waals surface area contributed by atoms with Crippen LogP contribution in [0.1, 0.15) is 34.6 Å². The van der Waals surface area contributed by atoms with Crippen molar-refractivity contribution in [3.05, 3.63) is 0 Å². The zero-order valence-corrected chi connectivity index (χ0v) is 12.0. The van der Waals surface area contributed by atoms with Gasteiger partial charge in [-0.2, -0.15) is 0 Å². The molecular weight excluding hydrogens is 238 g/mol. The normalized spacial score (nSPS) is 10.9. The van der Waals surface area contributed by atoms with Crippen LogP contribution < -0.4 is 16.0 Å². The van der Waals surface area contributed by atoms with E-state index in [0.717, 1.165) is 0 Å². The molecule has 0 aromatic heterocycles. The quantitative estimate of drug-likeness (QED) is 0.527. The molecule has 0 radical (unpaired) electrons. The minimum absolute atomic E-state index is 0.300. The first-order valence-corrected chi connectivity index (χ1v) is 6.13. The Labute approximate surface area is 109 Å². The van der Waals surface area contributed by atoms with Crippen LogP contribution in [-0.4, -0.2) is 35.9 Å². The minimum atomic E-state index is -0.466. The molecule has 0 unspecified atom stereocenters. The van der Waals surface area contributed by atoms with Crippen molar-refractivity contribution in [2.45, 2.75) is 46.3 Å². The van der Waals surface area contributed by atoms with Crippen molar-refractivity contribution in [2.75, 3.05) is 13.1 Å². The Morgan fingerprint density at radius 2 is 1.76 bits per heavy atom. The van der Waals surface area contributed by atoms with Gasteiger partial charge in [0.15, 0.2) is 5.11 Å². The molecule has 0 aromatic carbocycles. The first-order valence-electron chi connectivity index (χ1n) is 5.72. The summed E-state index contributed by atoms with van der Waals surface area (Å²) < 4.78 is 5.08. The first-order chi connectivity index (χ1) is 7.70. The summed E-state index contributed by atoms with van der Waals surface area (Å²) in [4.78, 5) is 11.3. The van der Waals surface area contributed by atoms with Gasteiger partial charge < -0.3 is 20.7 Å². The second kappa shape index (κ2) is 7.32. The molecule has 6 heteroatoms. The van der Waals surface area contributed by atoms with Gasteiger partial charge in [0.2, 0.25) is 0 Å². The fourth-order valence-corrected chi connectivity index (χ4v) is 1.31. The Bertz CT molecular complexity index is 262. The number of hydrogen-bond donors (Lipinski definition) is 3. The van der Waals surface area contributed by atoms with Crippen LogP contribution >= 0.6 is 12.2 Å². The third kappa shape index (κ3) is 11.2. The highest BCUT2D eigenvalue weighted by atomic mass is 32.1. The van der Waals surface area contributed by atoms with E-state index in [9.17, 15) is 4.79 Å². The number of rotatable bonds is 4. The Hall–Kier alpha value is -1.04. The summed E-state index contributed by atoms with van der Waals surface area (Å²) in [5, 5.41) is 9.25. The topological polar surface area (TPSA) is 62.4 Å². The van der Waals surface area contributed by atoms with Gasteiger partial charge in [0.25, 0.3) is 0 Å². The van der Waals surface area contributed by atoms with Crippen LogP contribution in [0.3, 0.4) is 0 Å². The van der Waals surface area contributed by atoms with Crippen LogP contribution in [0.2, 0.25) is 0 Å². The van der Waals surface area contributed by atoms with E-state index in [4.69, 9.17) is 17.0 Å². The predicted molar refractivity (Wildman–Crippen MR) is 73.1 cm³/mol. The standard InChI is InChI=1S/C11H23N3O2S/c1-8(2)14-9(17)12-6-7-13-10(15)16-11(3,4)5/h8H,6-7H2,1-5H3,(H,13,15)(H2,12,14,17). The molecule has 1 amide bonds. The Kier molecular flexibility index (Phi) is 6.87. The summed E-state index contributed by atoms with van der Waals surface area (Å²) in [5.41, 5.74) is -0.466. The van der Waals surface area contributed by atoms with Gasteiger partial charge in [0.05, 0.1) is 0 Å². The van der Waals surface area contributed by atoms with E-state index in [1.165, 1.54) is 0 Å². The summed E-state index contributed by atoms with van der Waals surface area (Å²) in [5.74, 6) is 0. The van der Waals surface area contributed by atoms with E-state index >= 15 is 0 Å². The van der Waals surface area contributed by atoms with Crippen LogP contribution in [-0.2, 0) is 4.74 Å². The number of thiocarbonyl (C=S) groups is 1. The van der Waals surface area contributed by atoms with Gasteiger partial charge in [0.1, 0.15) is 5.60 Å². The Morgan fingerprint density at radius 1 is 1.24 bits per heavy atom. The van der Waals surface area contributed by atoms with Crippen molar-refractivity contribution in [1.82, 2.24) is 16.0 Å². The second-order valence-electron chi connectivity index (χ2n) is 4.98. The number of carbonyl (C=O) groups is 1. The van der Waals surface area contributed by atoms with Crippen molar-refractivity contribution in [2.24, 2.45) is 0 Å². The summed E-state index contributed by atoms with van der Waals surface area (Å²) in [6, 6.07) is 0.300. The molecule has 0 fully saturated rings. The molecule has 0 bridgehead atoms. The molecule has 3 N–H and O–H groups in total. The van der Waals surface area contributed by atoms with Crippen molar-refractivity contribution >= 4 is 23.4 Å². The molecule has 0 atom stereocenters. The lowest BCUT2D eigenvalue weighted by Gasteiger charge is -2.20. The lowest BCUT2D eigenvalue weighted by atomic mass is 10.2. The highest BCUT2D eigenvalue weighted by molar-refractivity contribution is 7.80. The summed E-state index contributed by atoms with van der Waals surface area (Å²) >= 11 is 5.03. The van der Waals surface area contributed by atoms with Gasteiger partial charge in [-0.15, -0.1) is 0 Å². The van der Waals surface area contributed by atoms with Crippen molar-refractivity contribution < 1.29 is 9.53 Å². The van der Waals surface area contributed by atoms with Gasteiger partial charge in [-0.1, -0.05) is 0 Å². The number of ether oxygens (including phenoxy) is 1. The molecule has 0 aliphatic heterocycles. The molecule has 0 aliphatic carbocycles. The van der Waals surface area contributed by atoms with Crippen LogP contribution in [0, 0.1) is 0 Å². The smallest absolute Gasteiger partial charge is 0.407 e. The predicted octanol–water partition coefficient (Wildman–Crippen LogP) is 1.38. The first kappa shape index (κ1) is 16.0. The molecule has 0 rings (SSSR count). The van der Waals surface area contributed by atoms with Gasteiger partial charge >= 0.3 is 6.09 Å². The third-order valence-electron chi connectivity index (χ3n) is 1.50. The van der Waals surface area contributed by atoms with E-state index < -0.39 is 11.7 Å². The molecule has 0 heterocycles. The van der Waals surface area contributed by atoms with Crippen LogP contribution in [0.5, 0.6) is 0 Å². The fourth-order valence-electron chi connectivity index (χ4n) is 0.968. The average Bonchev–Trinajstić information content (AvgIpc) is 2.08. The van der Waals surface area contributed by atoms with Crippen molar-refractivity contribution in [3.8, 4) is 0 Å². The molecule has 0 aliphatic rings. The molecule has 0 saturated heterocycles. The Morgan fingerprint density at radius 3 is 2.24 bits per heavy atom. The average molecular weight is 261 g/mol. The Balaban J connectivity index is 3.58. The second-order valence-corrected chi connectivity index (χ2v) is 5.39. The van der Waals surface area contributed by atoms with E-state index in [-0.39, 0.29) is 0 Å². The number of carbonyl (C=O) groups excluding carboxylic acids is 1. The van der Waals surface area contributed by atoms with Gasteiger partial charge in [-0.25, -0.2) is 4.79 Å². The summed E-state index contributed by atoms with van der Waals surface area (Å²) in [7, 11) is 0. The number of hydrogen-bond acceptors (Lipinski definition) is 3. The SMILES string of the molecule is CC(C)NC(=S)NCCNC(=O)OC(C)(C)C. The molecular formula is C11H23N3O2S. The maximum absolute atomic E-state index is 11.3. The summed E-state index contributed by atoms with van der Waals surface area (Å²) in [6.45, 7) is 10.5. The third-order valence-corrected chi connectivity index (χ3v) is 1.76. The van der Waals surface area contributed by atoms with Crippen LogP contribution in [0.4, 0.5) is 4.79 Å². The van der Waals surface area contributed by atoms with Gasteiger partial charge in [-0.05, 0) is 46.8 Å².